The van der Waals surface area contributed by atoms with Crippen molar-refractivity contribution in [3.8, 4) is 11.5 Å². The molecule has 1 heterocycles. The Morgan fingerprint density at radius 3 is 2.59 bits per heavy atom. The predicted molar refractivity (Wildman–Crippen MR) is 106 cm³/mol. The summed E-state index contributed by atoms with van der Waals surface area (Å²) in [7, 11) is 5.49. The van der Waals surface area contributed by atoms with Crippen LogP contribution in [0.5, 0.6) is 11.5 Å². The lowest BCUT2D eigenvalue weighted by atomic mass is 10.2. The molecule has 3 rings (SSSR count). The number of H-pyrrole nitrogens is 1. The van der Waals surface area contributed by atoms with Gasteiger partial charge in [0.2, 0.25) is 0 Å². The van der Waals surface area contributed by atoms with Crippen molar-refractivity contribution in [1.29, 1.82) is 5.41 Å². The van der Waals surface area contributed by atoms with Gasteiger partial charge in [0, 0.05) is 36.1 Å². The van der Waals surface area contributed by atoms with Crippen molar-refractivity contribution >= 4 is 22.8 Å². The largest absolute Gasteiger partial charge is 0.457 e. The van der Waals surface area contributed by atoms with Crippen molar-refractivity contribution in [3.05, 3.63) is 59.8 Å². The molecule has 1 aromatic heterocycles. The number of benzene rings is 2. The molecule has 0 aliphatic carbocycles. The summed E-state index contributed by atoms with van der Waals surface area (Å²) in [5.74, 6) is 0.803. The highest BCUT2D eigenvalue weighted by Gasteiger charge is 2.16. The summed E-state index contributed by atoms with van der Waals surface area (Å²) in [6.07, 6.45) is 0. The number of aromatic amines is 1. The third kappa shape index (κ3) is 4.09. The van der Waals surface area contributed by atoms with Crippen LogP contribution in [0.25, 0.3) is 10.9 Å². The quantitative estimate of drug-likeness (QED) is 0.478. The summed E-state index contributed by atoms with van der Waals surface area (Å²) >= 11 is 0. The first-order valence-corrected chi connectivity index (χ1v) is 8.50. The van der Waals surface area contributed by atoms with Crippen molar-refractivity contribution in [2.45, 2.75) is 6.54 Å². The van der Waals surface area contributed by atoms with Crippen LogP contribution in [0.2, 0.25) is 0 Å². The number of nitrogens with one attached hydrogen (secondary N) is 2. The van der Waals surface area contributed by atoms with E-state index >= 15 is 0 Å². The van der Waals surface area contributed by atoms with E-state index in [1.807, 2.05) is 56.6 Å². The average Bonchev–Trinajstić information content (AvgIpc) is 3.05. The van der Waals surface area contributed by atoms with Crippen LogP contribution >= 0.6 is 0 Å². The second-order valence-corrected chi connectivity index (χ2v) is 6.63. The Morgan fingerprint density at radius 2 is 1.89 bits per heavy atom. The Balaban J connectivity index is 1.88. The zero-order chi connectivity index (χ0) is 19.6. The Bertz CT molecular complexity index is 993. The maximum Gasteiger partial charge on any atom is 0.276 e. The van der Waals surface area contributed by atoms with Gasteiger partial charge in [-0.15, -0.1) is 0 Å². The number of amides is 1. The number of nitrogens with zero attached hydrogens (tertiary/aromatic N) is 2. The van der Waals surface area contributed by atoms with Gasteiger partial charge in [-0.3, -0.25) is 15.1 Å². The second-order valence-electron chi connectivity index (χ2n) is 6.63. The highest BCUT2D eigenvalue weighted by molar-refractivity contribution is 6.05. The van der Waals surface area contributed by atoms with Crippen LogP contribution in [-0.2, 0) is 6.54 Å². The molecule has 1 amide bonds. The zero-order valence-corrected chi connectivity index (χ0v) is 15.6. The van der Waals surface area contributed by atoms with Gasteiger partial charge in [-0.1, -0.05) is 18.2 Å². The fourth-order valence-corrected chi connectivity index (χ4v) is 2.78. The minimum Gasteiger partial charge on any atom is -0.457 e. The summed E-state index contributed by atoms with van der Waals surface area (Å²) in [6, 6.07) is 15.3. The minimum atomic E-state index is -0.363. The van der Waals surface area contributed by atoms with Gasteiger partial charge in [-0.25, -0.2) is 0 Å². The van der Waals surface area contributed by atoms with E-state index in [1.165, 1.54) is 7.05 Å². The number of hydrogen-bond donors (Lipinski definition) is 3. The lowest BCUT2D eigenvalue weighted by Gasteiger charge is -2.14. The molecule has 7 heteroatoms. The SMILES string of the molecule is CN(C)Cc1ccccc1Oc1ccc2cc(C(=O)N(C)C(=N)N)[nH]c2c1. The number of fused-ring (bicyclic) bond motifs is 1. The molecule has 0 spiro atoms. The average molecular weight is 365 g/mol. The fourth-order valence-electron chi connectivity index (χ4n) is 2.78. The molecule has 140 valence electrons. The van der Waals surface area contributed by atoms with Gasteiger partial charge in [0.15, 0.2) is 5.96 Å². The van der Waals surface area contributed by atoms with Crippen LogP contribution in [0, 0.1) is 5.41 Å². The van der Waals surface area contributed by atoms with Crippen LogP contribution in [0.1, 0.15) is 16.1 Å². The van der Waals surface area contributed by atoms with Crippen LogP contribution in [0.15, 0.2) is 48.5 Å². The van der Waals surface area contributed by atoms with Gasteiger partial charge in [0.05, 0.1) is 0 Å². The van der Waals surface area contributed by atoms with E-state index in [4.69, 9.17) is 15.9 Å². The van der Waals surface area contributed by atoms with E-state index in [-0.39, 0.29) is 11.9 Å². The monoisotopic (exact) mass is 365 g/mol. The maximum absolute atomic E-state index is 12.3. The minimum absolute atomic E-state index is 0.305. The summed E-state index contributed by atoms with van der Waals surface area (Å²) in [5.41, 5.74) is 7.61. The molecular weight excluding hydrogens is 342 g/mol. The normalized spacial score (nSPS) is 11.0. The number of hydrogen-bond acceptors (Lipinski definition) is 4. The molecule has 0 aliphatic rings. The molecule has 0 unspecified atom stereocenters. The number of aromatic nitrogens is 1. The molecule has 0 atom stereocenters. The molecule has 27 heavy (non-hydrogen) atoms. The fraction of sp³-hybridized carbons (Fsp3) is 0.200. The molecular formula is C20H23N5O2. The molecule has 0 saturated carbocycles. The van der Waals surface area contributed by atoms with E-state index in [2.05, 4.69) is 9.88 Å². The third-order valence-corrected chi connectivity index (χ3v) is 4.18. The van der Waals surface area contributed by atoms with Crippen molar-refractivity contribution < 1.29 is 9.53 Å². The first kappa shape index (κ1) is 18.5. The van der Waals surface area contributed by atoms with Crippen LogP contribution < -0.4 is 10.5 Å². The first-order chi connectivity index (χ1) is 12.8. The molecule has 7 nitrogen and oxygen atoms in total. The Hall–Kier alpha value is -3.32. The molecule has 2 aromatic carbocycles. The van der Waals surface area contributed by atoms with Gasteiger partial charge in [-0.05, 0) is 38.4 Å². The van der Waals surface area contributed by atoms with Gasteiger partial charge in [0.25, 0.3) is 5.91 Å². The van der Waals surface area contributed by atoms with Crippen LogP contribution in [0.4, 0.5) is 0 Å². The van der Waals surface area contributed by atoms with E-state index < -0.39 is 0 Å². The number of rotatable bonds is 5. The van der Waals surface area contributed by atoms with Crippen molar-refractivity contribution in [2.75, 3.05) is 21.1 Å². The molecule has 0 bridgehead atoms. The molecule has 0 fully saturated rings. The van der Waals surface area contributed by atoms with Gasteiger partial charge in [-0.2, -0.15) is 0 Å². The number of nitrogens with two attached hydrogens (primary N) is 1. The Labute approximate surface area is 157 Å². The molecule has 3 aromatic rings. The second kappa shape index (κ2) is 7.51. The van der Waals surface area contributed by atoms with E-state index in [1.54, 1.807) is 6.07 Å². The number of guanidine groups is 1. The molecule has 4 N–H and O–H groups in total. The highest BCUT2D eigenvalue weighted by atomic mass is 16.5. The van der Waals surface area contributed by atoms with E-state index in [0.29, 0.717) is 11.4 Å². The maximum atomic E-state index is 12.3. The summed E-state index contributed by atoms with van der Waals surface area (Å²) in [6.45, 7) is 0.775. The Morgan fingerprint density at radius 1 is 1.15 bits per heavy atom. The number of para-hydroxylation sites is 1. The van der Waals surface area contributed by atoms with Gasteiger partial charge in [0.1, 0.15) is 17.2 Å². The van der Waals surface area contributed by atoms with Crippen LogP contribution in [-0.4, -0.2) is 47.8 Å². The first-order valence-electron chi connectivity index (χ1n) is 8.50. The number of carbonyl (C=O) groups excluding carboxylic acids is 1. The van der Waals surface area contributed by atoms with Crippen molar-refractivity contribution in [2.24, 2.45) is 5.73 Å². The number of ether oxygens (including phenoxy) is 1. The lowest BCUT2D eigenvalue weighted by molar-refractivity contribution is 0.0864. The van der Waals surface area contributed by atoms with Gasteiger partial charge >= 0.3 is 0 Å². The standard InChI is InChI=1S/C20H23N5O2/c1-24(2)12-14-6-4-5-7-18(14)27-15-9-8-13-10-17(23-16(13)11-15)19(26)25(3)20(21)22/h4-11,23H,12H2,1-3H3,(H3,21,22). The van der Waals surface area contributed by atoms with Gasteiger partial charge < -0.3 is 20.4 Å². The summed E-state index contributed by atoms with van der Waals surface area (Å²) < 4.78 is 6.08. The van der Waals surface area contributed by atoms with Crippen molar-refractivity contribution in [1.82, 2.24) is 14.8 Å². The molecule has 0 saturated heterocycles. The van der Waals surface area contributed by atoms with E-state index in [9.17, 15) is 4.79 Å². The molecule has 0 radical (unpaired) electrons. The predicted octanol–water partition coefficient (Wildman–Crippen LogP) is 2.99. The van der Waals surface area contributed by atoms with E-state index in [0.717, 1.165) is 33.7 Å². The third-order valence-electron chi connectivity index (χ3n) is 4.18. The highest BCUT2D eigenvalue weighted by Crippen LogP contribution is 2.29. The summed E-state index contributed by atoms with van der Waals surface area (Å²) in [5, 5.41) is 8.27. The molecule has 0 aliphatic heterocycles. The zero-order valence-electron chi connectivity index (χ0n) is 15.6. The Kier molecular flexibility index (Phi) is 5.14. The number of carbonyl (C=O) groups is 1. The smallest absolute Gasteiger partial charge is 0.276 e. The topological polar surface area (TPSA) is 98.4 Å². The van der Waals surface area contributed by atoms with Crippen LogP contribution in [0.3, 0.4) is 0 Å². The lowest BCUT2D eigenvalue weighted by Crippen LogP contribution is -2.38. The summed E-state index contributed by atoms with van der Waals surface area (Å²) in [4.78, 5) is 18.6. The van der Waals surface area contributed by atoms with Crippen molar-refractivity contribution in [3.63, 3.8) is 0 Å².